The Balaban J connectivity index is 2.38. The van der Waals surface area contributed by atoms with Gasteiger partial charge in [-0.25, -0.2) is 4.79 Å². The van der Waals surface area contributed by atoms with Crippen LogP contribution in [0.5, 0.6) is 11.5 Å². The molecule has 0 spiro atoms. The minimum Gasteiger partial charge on any atom is -0.490 e. The van der Waals surface area contributed by atoms with Crippen LogP contribution in [0, 0.1) is 0 Å². The van der Waals surface area contributed by atoms with Crippen molar-refractivity contribution >= 4 is 23.3 Å². The first-order chi connectivity index (χ1) is 13.4. The summed E-state index contributed by atoms with van der Waals surface area (Å²) in [6, 6.07) is 3.80. The molecule has 1 heterocycles. The van der Waals surface area contributed by atoms with Gasteiger partial charge < -0.3 is 29.6 Å². The van der Waals surface area contributed by atoms with Crippen molar-refractivity contribution in [3.8, 4) is 11.5 Å². The predicted octanol–water partition coefficient (Wildman–Crippen LogP) is 2.67. The normalized spacial score (nSPS) is 16.5. The van der Waals surface area contributed by atoms with Crippen LogP contribution in [0.25, 0.3) is 0 Å². The molecule has 2 N–H and O–H groups in total. The van der Waals surface area contributed by atoms with E-state index in [0.717, 1.165) is 0 Å². The maximum absolute atomic E-state index is 12.6. The standard InChI is InChI=1S/C18H22F2N2O5S/c1-4-25-13-9-11(5-6-12(13)27-17(19)20)15-14(10(2)21-18(28)22-15)16(23)26-8-7-24-3/h5-6,9,15,17H,4,7-8H2,1-3H3,(H2,21,22,28)/t15-/m0/s1. The third-order valence-corrected chi connectivity index (χ3v) is 4.05. The fraction of sp³-hybridized carbons (Fsp3) is 0.444. The Kier molecular flexibility index (Phi) is 7.94. The average molecular weight is 416 g/mol. The number of alkyl halides is 2. The third kappa shape index (κ3) is 5.52. The molecule has 1 aromatic rings. The number of ether oxygens (including phenoxy) is 4. The number of carbonyl (C=O) groups excluding carboxylic acids is 1. The van der Waals surface area contributed by atoms with Gasteiger partial charge in [-0.3, -0.25) is 0 Å². The first-order valence-electron chi connectivity index (χ1n) is 8.53. The van der Waals surface area contributed by atoms with E-state index in [4.69, 9.17) is 26.4 Å². The number of hydrogen-bond donors (Lipinski definition) is 2. The number of nitrogens with one attached hydrogen (secondary N) is 2. The molecule has 28 heavy (non-hydrogen) atoms. The van der Waals surface area contributed by atoms with E-state index in [2.05, 4.69) is 15.4 Å². The number of halogens is 2. The summed E-state index contributed by atoms with van der Waals surface area (Å²) in [7, 11) is 1.50. The number of carbonyl (C=O) groups is 1. The van der Waals surface area contributed by atoms with Crippen LogP contribution in [0.1, 0.15) is 25.5 Å². The molecule has 0 amide bonds. The van der Waals surface area contributed by atoms with Gasteiger partial charge in [0.1, 0.15) is 6.61 Å². The molecule has 0 aromatic heterocycles. The van der Waals surface area contributed by atoms with Crippen LogP contribution in [-0.4, -0.2) is 44.6 Å². The Morgan fingerprint density at radius 3 is 2.68 bits per heavy atom. The molecule has 1 aromatic carbocycles. The van der Waals surface area contributed by atoms with Crippen molar-refractivity contribution in [3.63, 3.8) is 0 Å². The highest BCUT2D eigenvalue weighted by molar-refractivity contribution is 7.80. The monoisotopic (exact) mass is 416 g/mol. The summed E-state index contributed by atoms with van der Waals surface area (Å²) in [5, 5.41) is 6.21. The number of benzene rings is 1. The first-order valence-corrected chi connectivity index (χ1v) is 8.94. The summed E-state index contributed by atoms with van der Waals surface area (Å²) < 4.78 is 45.3. The molecule has 1 aliphatic heterocycles. The smallest absolute Gasteiger partial charge is 0.387 e. The molecule has 10 heteroatoms. The van der Waals surface area contributed by atoms with Crippen molar-refractivity contribution in [1.29, 1.82) is 0 Å². The minimum atomic E-state index is -2.98. The molecule has 0 bridgehead atoms. The average Bonchev–Trinajstić information content (AvgIpc) is 2.62. The maximum atomic E-state index is 12.6. The van der Waals surface area contributed by atoms with Crippen molar-refractivity contribution in [2.75, 3.05) is 26.9 Å². The van der Waals surface area contributed by atoms with Gasteiger partial charge in [-0.05, 0) is 43.8 Å². The Hall–Kier alpha value is -2.46. The highest BCUT2D eigenvalue weighted by atomic mass is 32.1. The lowest BCUT2D eigenvalue weighted by Gasteiger charge is -2.30. The van der Waals surface area contributed by atoms with Gasteiger partial charge in [-0.15, -0.1) is 0 Å². The molecule has 0 saturated carbocycles. The van der Waals surface area contributed by atoms with Gasteiger partial charge in [0.2, 0.25) is 0 Å². The molecule has 0 aliphatic carbocycles. The lowest BCUT2D eigenvalue weighted by Crippen LogP contribution is -2.45. The van der Waals surface area contributed by atoms with Gasteiger partial charge in [0.25, 0.3) is 0 Å². The predicted molar refractivity (Wildman–Crippen MR) is 101 cm³/mol. The quantitative estimate of drug-likeness (QED) is 0.362. The van der Waals surface area contributed by atoms with Crippen molar-refractivity contribution in [3.05, 3.63) is 35.0 Å². The van der Waals surface area contributed by atoms with Crippen molar-refractivity contribution in [2.24, 2.45) is 0 Å². The SMILES string of the molecule is CCOc1cc([C@@H]2NC(=S)NC(C)=C2C(=O)OCCOC)ccc1OC(F)F. The summed E-state index contributed by atoms with van der Waals surface area (Å²) in [4.78, 5) is 12.6. The Labute approximate surface area is 167 Å². The topological polar surface area (TPSA) is 78.1 Å². The molecule has 0 radical (unpaired) electrons. The van der Waals surface area contributed by atoms with Crippen LogP contribution < -0.4 is 20.1 Å². The van der Waals surface area contributed by atoms with E-state index in [-0.39, 0.29) is 31.3 Å². The van der Waals surface area contributed by atoms with E-state index < -0.39 is 18.6 Å². The van der Waals surface area contributed by atoms with Crippen molar-refractivity contribution in [2.45, 2.75) is 26.5 Å². The zero-order chi connectivity index (χ0) is 20.7. The Bertz CT molecular complexity index is 757. The van der Waals surface area contributed by atoms with Crippen LogP contribution in [-0.2, 0) is 14.3 Å². The van der Waals surface area contributed by atoms with E-state index in [1.807, 2.05) is 0 Å². The van der Waals surface area contributed by atoms with Crippen LogP contribution in [0.2, 0.25) is 0 Å². The summed E-state index contributed by atoms with van der Waals surface area (Å²) in [6.45, 7) is 1.04. The van der Waals surface area contributed by atoms with Crippen molar-refractivity contribution in [1.82, 2.24) is 10.6 Å². The summed E-state index contributed by atoms with van der Waals surface area (Å²) in [5.74, 6) is -0.508. The summed E-state index contributed by atoms with van der Waals surface area (Å²) >= 11 is 5.19. The number of esters is 1. The molecular formula is C18H22F2N2O5S. The second kappa shape index (κ2) is 10.2. The lowest BCUT2D eigenvalue weighted by molar-refractivity contribution is -0.140. The molecule has 154 valence electrons. The van der Waals surface area contributed by atoms with Crippen LogP contribution in [0.15, 0.2) is 29.5 Å². The first kappa shape index (κ1) is 21.8. The van der Waals surface area contributed by atoms with Crippen molar-refractivity contribution < 1.29 is 32.5 Å². The molecule has 1 aliphatic rings. The number of rotatable bonds is 9. The zero-order valence-corrected chi connectivity index (χ0v) is 16.5. The van der Waals surface area contributed by atoms with Gasteiger partial charge >= 0.3 is 12.6 Å². The molecule has 0 saturated heterocycles. The largest absolute Gasteiger partial charge is 0.490 e. The number of allylic oxidation sites excluding steroid dienone is 1. The van der Waals surface area contributed by atoms with Crippen LogP contribution in [0.4, 0.5) is 8.78 Å². The van der Waals surface area contributed by atoms with Gasteiger partial charge in [-0.2, -0.15) is 8.78 Å². The zero-order valence-electron chi connectivity index (χ0n) is 15.7. The summed E-state index contributed by atoms with van der Waals surface area (Å²) in [5.41, 5.74) is 1.42. The third-order valence-electron chi connectivity index (χ3n) is 3.83. The number of thiocarbonyl (C=S) groups is 1. The second-order valence-electron chi connectivity index (χ2n) is 5.72. The molecular weight excluding hydrogens is 394 g/mol. The minimum absolute atomic E-state index is 0.0919. The lowest BCUT2D eigenvalue weighted by atomic mass is 9.95. The molecule has 7 nitrogen and oxygen atoms in total. The van der Waals surface area contributed by atoms with Gasteiger partial charge in [0.15, 0.2) is 16.6 Å². The van der Waals surface area contributed by atoms with E-state index in [1.54, 1.807) is 19.9 Å². The van der Waals surface area contributed by atoms with E-state index in [1.165, 1.54) is 19.2 Å². The highest BCUT2D eigenvalue weighted by Gasteiger charge is 2.31. The fourth-order valence-electron chi connectivity index (χ4n) is 2.68. The van der Waals surface area contributed by atoms with Gasteiger partial charge in [-0.1, -0.05) is 6.07 Å². The second-order valence-corrected chi connectivity index (χ2v) is 6.12. The number of methoxy groups -OCH3 is 1. The van der Waals surface area contributed by atoms with E-state index in [9.17, 15) is 13.6 Å². The number of hydrogen-bond acceptors (Lipinski definition) is 6. The van der Waals surface area contributed by atoms with Crippen LogP contribution in [0.3, 0.4) is 0 Å². The maximum Gasteiger partial charge on any atom is 0.387 e. The Morgan fingerprint density at radius 2 is 2.04 bits per heavy atom. The molecule has 0 unspecified atom stereocenters. The molecule has 1 atom stereocenters. The van der Waals surface area contributed by atoms with E-state index in [0.29, 0.717) is 21.9 Å². The Morgan fingerprint density at radius 1 is 1.29 bits per heavy atom. The molecule has 2 rings (SSSR count). The molecule has 0 fully saturated rings. The van der Waals surface area contributed by atoms with Gasteiger partial charge in [0.05, 0.1) is 24.8 Å². The highest BCUT2D eigenvalue weighted by Crippen LogP contribution is 2.35. The van der Waals surface area contributed by atoms with Crippen LogP contribution >= 0.6 is 12.2 Å². The van der Waals surface area contributed by atoms with E-state index >= 15 is 0 Å². The summed E-state index contributed by atoms with van der Waals surface area (Å²) in [6.07, 6.45) is 0. The van der Waals surface area contributed by atoms with Gasteiger partial charge in [0, 0.05) is 12.8 Å². The fourth-order valence-corrected chi connectivity index (χ4v) is 2.95.